The van der Waals surface area contributed by atoms with Gasteiger partial charge in [0.2, 0.25) is 0 Å². The van der Waals surface area contributed by atoms with E-state index < -0.39 is 10.8 Å². The minimum absolute atomic E-state index is 0.197. The molecule has 0 aromatic heterocycles. The number of unbranched alkanes of at least 4 members (excludes halogenated alkanes) is 1. The van der Waals surface area contributed by atoms with Gasteiger partial charge in [-0.2, -0.15) is 0 Å². The van der Waals surface area contributed by atoms with Crippen LogP contribution in [0.3, 0.4) is 0 Å². The van der Waals surface area contributed by atoms with Gasteiger partial charge in [0.25, 0.3) is 11.8 Å². The molecule has 6 heteroatoms. The molecule has 5 nitrogen and oxygen atoms in total. The summed E-state index contributed by atoms with van der Waals surface area (Å²) in [6, 6.07) is 20.0. The molecular formula is C26H26N2O3S. The molecule has 2 amide bonds. The van der Waals surface area contributed by atoms with Crippen LogP contribution in [0.2, 0.25) is 0 Å². The molecule has 0 fully saturated rings. The first kappa shape index (κ1) is 22.0. The summed E-state index contributed by atoms with van der Waals surface area (Å²) in [5.41, 5.74) is 3.44. The van der Waals surface area contributed by atoms with Gasteiger partial charge in [0.05, 0.1) is 38.4 Å². The molecule has 0 saturated carbocycles. The Hall–Kier alpha value is -3.25. The summed E-state index contributed by atoms with van der Waals surface area (Å²) in [5.74, 6) is -0.420. The lowest BCUT2D eigenvalue weighted by Gasteiger charge is -2.24. The van der Waals surface area contributed by atoms with Gasteiger partial charge in [0.15, 0.2) is 0 Å². The minimum Gasteiger partial charge on any atom is -0.352 e. The number of hydrogen-bond acceptors (Lipinski definition) is 3. The summed E-state index contributed by atoms with van der Waals surface area (Å²) < 4.78 is 13.5. The summed E-state index contributed by atoms with van der Waals surface area (Å²) >= 11 is 0. The Kier molecular flexibility index (Phi) is 6.51. The summed E-state index contributed by atoms with van der Waals surface area (Å²) in [4.78, 5) is 29.0. The lowest BCUT2D eigenvalue weighted by Crippen LogP contribution is -2.31. The zero-order chi connectivity index (χ0) is 22.7. The first-order valence-corrected chi connectivity index (χ1v) is 12.0. The third-order valence-corrected chi connectivity index (χ3v) is 7.18. The average molecular weight is 447 g/mol. The van der Waals surface area contributed by atoms with E-state index in [1.165, 1.54) is 0 Å². The van der Waals surface area contributed by atoms with E-state index in [4.69, 9.17) is 0 Å². The third-order valence-electron chi connectivity index (χ3n) is 5.68. The predicted octanol–water partition coefficient (Wildman–Crippen LogP) is 4.85. The molecule has 1 aliphatic rings. The smallest absolute Gasteiger partial charge is 0.259 e. The zero-order valence-electron chi connectivity index (χ0n) is 18.3. The number of anilines is 1. The van der Waals surface area contributed by atoms with Crippen molar-refractivity contribution in [2.75, 3.05) is 11.4 Å². The number of carbonyl (C=O) groups excluding carboxylic acids is 2. The molecule has 1 N–H and O–H groups in total. The van der Waals surface area contributed by atoms with E-state index in [0.717, 1.165) is 24.0 Å². The Morgan fingerprint density at radius 2 is 1.75 bits per heavy atom. The van der Waals surface area contributed by atoms with Crippen LogP contribution >= 0.6 is 0 Å². The number of fused-ring (bicyclic) bond motifs is 2. The fraction of sp³-hybridized carbons (Fsp3) is 0.231. The zero-order valence-corrected chi connectivity index (χ0v) is 19.1. The number of hydrogen-bond donors (Lipinski definition) is 1. The highest BCUT2D eigenvalue weighted by Crippen LogP contribution is 2.36. The SMILES string of the molecule is CCCCNC(=O)c1ccc2c(c1)N(Cc1ccccc1C)C(=O)c1ccccc1[S@@]2=O. The van der Waals surface area contributed by atoms with Crippen molar-refractivity contribution in [3.05, 3.63) is 89.0 Å². The molecule has 3 aromatic carbocycles. The fourth-order valence-corrected chi connectivity index (χ4v) is 5.15. The molecule has 0 radical (unpaired) electrons. The van der Waals surface area contributed by atoms with E-state index in [1.807, 2.05) is 31.2 Å². The van der Waals surface area contributed by atoms with Crippen molar-refractivity contribution in [1.29, 1.82) is 0 Å². The second kappa shape index (κ2) is 9.49. The van der Waals surface area contributed by atoms with Gasteiger partial charge in [-0.15, -0.1) is 0 Å². The Balaban J connectivity index is 1.82. The van der Waals surface area contributed by atoms with Crippen molar-refractivity contribution in [2.45, 2.75) is 43.0 Å². The summed E-state index contributed by atoms with van der Waals surface area (Å²) in [6.07, 6.45) is 1.88. The molecule has 164 valence electrons. The topological polar surface area (TPSA) is 66.5 Å². The predicted molar refractivity (Wildman–Crippen MR) is 126 cm³/mol. The summed E-state index contributed by atoms with van der Waals surface area (Å²) in [7, 11) is -1.53. The van der Waals surface area contributed by atoms with Crippen molar-refractivity contribution in [3.8, 4) is 0 Å². The molecule has 1 atom stereocenters. The second-order valence-electron chi connectivity index (χ2n) is 7.87. The first-order valence-electron chi connectivity index (χ1n) is 10.8. The molecule has 0 unspecified atom stereocenters. The van der Waals surface area contributed by atoms with E-state index in [2.05, 4.69) is 12.2 Å². The van der Waals surface area contributed by atoms with E-state index in [1.54, 1.807) is 47.4 Å². The van der Waals surface area contributed by atoms with Gasteiger partial charge in [-0.05, 0) is 54.8 Å². The van der Waals surface area contributed by atoms with Crippen LogP contribution in [-0.2, 0) is 17.3 Å². The van der Waals surface area contributed by atoms with Crippen LogP contribution in [0.4, 0.5) is 5.69 Å². The van der Waals surface area contributed by atoms with Gasteiger partial charge in [-0.25, -0.2) is 4.21 Å². The maximum atomic E-state index is 13.6. The van der Waals surface area contributed by atoms with Crippen LogP contribution in [0.1, 0.15) is 51.6 Å². The number of nitrogens with zero attached hydrogens (tertiary/aromatic N) is 1. The van der Waals surface area contributed by atoms with Crippen LogP contribution in [-0.4, -0.2) is 22.6 Å². The van der Waals surface area contributed by atoms with Crippen molar-refractivity contribution < 1.29 is 13.8 Å². The van der Waals surface area contributed by atoms with Crippen LogP contribution in [0.5, 0.6) is 0 Å². The highest BCUT2D eigenvalue weighted by Gasteiger charge is 2.31. The largest absolute Gasteiger partial charge is 0.352 e. The van der Waals surface area contributed by atoms with Gasteiger partial charge in [0.1, 0.15) is 0 Å². The van der Waals surface area contributed by atoms with Gasteiger partial charge >= 0.3 is 0 Å². The van der Waals surface area contributed by atoms with Crippen LogP contribution in [0.15, 0.2) is 76.5 Å². The minimum atomic E-state index is -1.53. The number of rotatable bonds is 6. The third kappa shape index (κ3) is 4.23. The maximum Gasteiger partial charge on any atom is 0.259 e. The van der Waals surface area contributed by atoms with Crippen LogP contribution in [0.25, 0.3) is 0 Å². The van der Waals surface area contributed by atoms with E-state index in [0.29, 0.717) is 39.7 Å². The summed E-state index contributed by atoms with van der Waals surface area (Å²) in [5, 5.41) is 2.92. The van der Waals surface area contributed by atoms with Crippen molar-refractivity contribution in [3.63, 3.8) is 0 Å². The molecule has 1 aliphatic heterocycles. The van der Waals surface area contributed by atoms with Crippen molar-refractivity contribution in [1.82, 2.24) is 5.32 Å². The highest BCUT2D eigenvalue weighted by molar-refractivity contribution is 7.85. The number of carbonyl (C=O) groups is 2. The molecular weight excluding hydrogens is 420 g/mol. The van der Waals surface area contributed by atoms with Crippen molar-refractivity contribution >= 4 is 28.3 Å². The molecule has 3 aromatic rings. The molecule has 0 bridgehead atoms. The average Bonchev–Trinajstić information content (AvgIpc) is 2.90. The fourth-order valence-electron chi connectivity index (χ4n) is 3.80. The van der Waals surface area contributed by atoms with E-state index in [9.17, 15) is 13.8 Å². The highest BCUT2D eigenvalue weighted by atomic mass is 32.2. The van der Waals surface area contributed by atoms with Gasteiger partial charge < -0.3 is 10.2 Å². The van der Waals surface area contributed by atoms with Crippen LogP contribution < -0.4 is 10.2 Å². The van der Waals surface area contributed by atoms with Crippen LogP contribution in [0, 0.1) is 6.92 Å². The molecule has 0 spiro atoms. The van der Waals surface area contributed by atoms with Crippen molar-refractivity contribution in [2.24, 2.45) is 0 Å². The monoisotopic (exact) mass is 446 g/mol. The van der Waals surface area contributed by atoms with Gasteiger partial charge in [-0.1, -0.05) is 49.7 Å². The molecule has 4 rings (SSSR count). The number of amides is 2. The quantitative estimate of drug-likeness (QED) is 0.551. The Bertz CT molecular complexity index is 1210. The van der Waals surface area contributed by atoms with Gasteiger partial charge in [-0.3, -0.25) is 9.59 Å². The lowest BCUT2D eigenvalue weighted by molar-refractivity contribution is 0.0949. The normalized spacial score (nSPS) is 15.0. The maximum absolute atomic E-state index is 13.6. The Morgan fingerprint density at radius 3 is 2.53 bits per heavy atom. The Labute approximate surface area is 190 Å². The molecule has 32 heavy (non-hydrogen) atoms. The van der Waals surface area contributed by atoms with E-state index >= 15 is 0 Å². The molecule has 1 heterocycles. The molecule has 0 saturated heterocycles. The summed E-state index contributed by atoms with van der Waals surface area (Å²) in [6.45, 7) is 4.99. The standard InChI is InChI=1S/C26H26N2O3S/c1-3-4-15-27-25(29)19-13-14-24-22(16-19)28(17-20-10-6-5-9-18(20)2)26(30)21-11-7-8-12-23(21)32(24)31/h5-14,16H,3-4,15,17H2,1-2H3,(H,27,29)/t32-/m0/s1. The Morgan fingerprint density at radius 1 is 1.00 bits per heavy atom. The number of benzene rings is 3. The number of nitrogens with one attached hydrogen (secondary N) is 1. The lowest BCUT2D eigenvalue weighted by atomic mass is 10.1. The van der Waals surface area contributed by atoms with E-state index in [-0.39, 0.29) is 11.8 Å². The first-order chi connectivity index (χ1) is 15.5. The number of aryl methyl sites for hydroxylation is 1. The van der Waals surface area contributed by atoms with Gasteiger partial charge in [0, 0.05) is 12.1 Å². The second-order valence-corrected chi connectivity index (χ2v) is 9.29. The molecule has 0 aliphatic carbocycles.